The Kier molecular flexibility index (Phi) is 7.13. The molecule has 10 nitrogen and oxygen atoms in total. The van der Waals surface area contributed by atoms with E-state index in [0.29, 0.717) is 30.2 Å². The van der Waals surface area contributed by atoms with Crippen LogP contribution in [-0.4, -0.2) is 45.6 Å². The van der Waals surface area contributed by atoms with Gasteiger partial charge in [-0.15, -0.1) is 0 Å². The maximum atomic E-state index is 14.5. The highest BCUT2D eigenvalue weighted by Crippen LogP contribution is 2.35. The minimum Gasteiger partial charge on any atom is -0.370 e. The molecule has 0 atom stereocenters. The van der Waals surface area contributed by atoms with Crippen LogP contribution in [0, 0.1) is 5.82 Å². The van der Waals surface area contributed by atoms with Gasteiger partial charge in [-0.1, -0.05) is 18.5 Å². The highest BCUT2D eigenvalue weighted by atomic mass is 35.5. The molecule has 0 spiro atoms. The summed E-state index contributed by atoms with van der Waals surface area (Å²) in [7, 11) is -3.67. The Bertz CT molecular complexity index is 1180. The molecule has 0 unspecified atom stereocenters. The fraction of sp³-hybridized carbons (Fsp3) is 0.278. The number of aromatic nitrogens is 5. The predicted octanol–water partition coefficient (Wildman–Crippen LogP) is 3.45. The third kappa shape index (κ3) is 5.52. The Balaban J connectivity index is 1.99. The fourth-order valence-electron chi connectivity index (χ4n) is 2.62. The summed E-state index contributed by atoms with van der Waals surface area (Å²) in [4.78, 5) is 20.6. The number of rotatable bonds is 9. The van der Waals surface area contributed by atoms with Crippen molar-refractivity contribution in [1.29, 1.82) is 0 Å². The molecule has 0 amide bonds. The molecular formula is C18H20ClFN8O2S. The van der Waals surface area contributed by atoms with Crippen LogP contribution < -0.4 is 15.4 Å². The molecule has 3 rings (SSSR count). The third-order valence-electron chi connectivity index (χ3n) is 3.91. The second kappa shape index (κ2) is 9.79. The number of sulfonamides is 1. The second-order valence-electron chi connectivity index (χ2n) is 6.26. The van der Waals surface area contributed by atoms with Crippen molar-refractivity contribution in [3.8, 4) is 11.4 Å². The minimum atomic E-state index is -3.67. The number of anilines is 4. The molecule has 3 aromatic heterocycles. The summed E-state index contributed by atoms with van der Waals surface area (Å²) in [6.45, 7) is 4.31. The lowest BCUT2D eigenvalue weighted by molar-refractivity contribution is 0.599. The monoisotopic (exact) mass is 466 g/mol. The van der Waals surface area contributed by atoms with Gasteiger partial charge in [0.15, 0.2) is 17.5 Å². The Labute approximate surface area is 183 Å². The average Bonchev–Trinajstić information content (AvgIpc) is 2.74. The maximum Gasteiger partial charge on any atom is 0.233 e. The molecule has 0 bridgehead atoms. The normalized spacial score (nSPS) is 11.2. The quantitative estimate of drug-likeness (QED) is 0.433. The molecule has 0 fully saturated rings. The van der Waals surface area contributed by atoms with Crippen LogP contribution in [0.3, 0.4) is 0 Å². The third-order valence-corrected chi connectivity index (χ3v) is 5.73. The van der Waals surface area contributed by atoms with E-state index in [1.54, 1.807) is 13.0 Å². The largest absolute Gasteiger partial charge is 0.370 e. The first-order valence-electron chi connectivity index (χ1n) is 9.33. The van der Waals surface area contributed by atoms with Crippen LogP contribution in [0.4, 0.5) is 27.5 Å². The van der Waals surface area contributed by atoms with E-state index in [-0.39, 0.29) is 28.1 Å². The summed E-state index contributed by atoms with van der Waals surface area (Å²) in [6.07, 6.45) is 5.50. The van der Waals surface area contributed by atoms with Gasteiger partial charge in [0, 0.05) is 25.0 Å². The van der Waals surface area contributed by atoms with Crippen LogP contribution in [-0.2, 0) is 10.0 Å². The van der Waals surface area contributed by atoms with E-state index >= 15 is 0 Å². The Hall–Kier alpha value is -3.12. The lowest BCUT2D eigenvalue weighted by Crippen LogP contribution is -2.17. The Morgan fingerprint density at radius 1 is 1.06 bits per heavy atom. The molecule has 0 aromatic carbocycles. The zero-order valence-corrected chi connectivity index (χ0v) is 18.3. The summed E-state index contributed by atoms with van der Waals surface area (Å²) >= 11 is 6.26. The van der Waals surface area contributed by atoms with Gasteiger partial charge in [-0.3, -0.25) is 4.72 Å². The van der Waals surface area contributed by atoms with E-state index in [1.165, 1.54) is 18.7 Å². The standard InChI is InChI=1S/C18H20ClFN8O2S/c1-3-7-31(29,30)28-17-14(19)15(11(20)9-24-17)27-18-16(22-5-6-23-18)12-8-13(21-4-2)26-10-25-12/h5-6,8-10H,3-4,7H2,1-2H3,(H,21,25,26)(H2,23,24,27,28). The highest BCUT2D eigenvalue weighted by Gasteiger charge is 2.20. The Morgan fingerprint density at radius 2 is 1.84 bits per heavy atom. The van der Waals surface area contributed by atoms with Gasteiger partial charge in [0.1, 0.15) is 28.5 Å². The number of nitrogens with zero attached hydrogens (tertiary/aromatic N) is 5. The van der Waals surface area contributed by atoms with E-state index in [9.17, 15) is 12.8 Å². The number of hydrogen-bond acceptors (Lipinski definition) is 9. The van der Waals surface area contributed by atoms with E-state index < -0.39 is 15.8 Å². The molecule has 0 radical (unpaired) electrons. The van der Waals surface area contributed by atoms with Crippen LogP contribution in [0.5, 0.6) is 0 Å². The summed E-state index contributed by atoms with van der Waals surface area (Å²) in [6, 6.07) is 1.67. The van der Waals surface area contributed by atoms with Gasteiger partial charge >= 0.3 is 0 Å². The minimum absolute atomic E-state index is 0.124. The average molecular weight is 467 g/mol. The SMILES string of the molecule is CCCS(=O)(=O)Nc1ncc(F)c(Nc2nccnc2-c2cc(NCC)ncn2)c1Cl. The molecule has 3 N–H and O–H groups in total. The summed E-state index contributed by atoms with van der Waals surface area (Å²) in [5.41, 5.74) is 0.564. The van der Waals surface area contributed by atoms with Gasteiger partial charge in [-0.25, -0.2) is 37.7 Å². The van der Waals surface area contributed by atoms with Gasteiger partial charge in [0.05, 0.1) is 17.6 Å². The van der Waals surface area contributed by atoms with Gasteiger partial charge in [0.2, 0.25) is 10.0 Å². The van der Waals surface area contributed by atoms with Crippen molar-refractivity contribution in [2.24, 2.45) is 0 Å². The lowest BCUT2D eigenvalue weighted by atomic mass is 10.2. The summed E-state index contributed by atoms with van der Waals surface area (Å²) < 4.78 is 40.9. The zero-order chi connectivity index (χ0) is 22.4. The molecule has 164 valence electrons. The van der Waals surface area contributed by atoms with Crippen molar-refractivity contribution < 1.29 is 12.8 Å². The smallest absolute Gasteiger partial charge is 0.233 e. The number of hydrogen-bond donors (Lipinski definition) is 3. The van der Waals surface area contributed by atoms with Crippen LogP contribution in [0.15, 0.2) is 31.0 Å². The first-order valence-corrected chi connectivity index (χ1v) is 11.4. The number of pyridine rings is 1. The second-order valence-corrected chi connectivity index (χ2v) is 8.48. The van der Waals surface area contributed by atoms with Gasteiger partial charge in [0.25, 0.3) is 0 Å². The Morgan fingerprint density at radius 3 is 2.58 bits per heavy atom. The van der Waals surface area contributed by atoms with Crippen LogP contribution >= 0.6 is 11.6 Å². The molecule has 3 aromatic rings. The van der Waals surface area contributed by atoms with Crippen molar-refractivity contribution in [2.45, 2.75) is 20.3 Å². The van der Waals surface area contributed by atoms with E-state index in [2.05, 4.69) is 40.3 Å². The first-order chi connectivity index (χ1) is 14.8. The zero-order valence-electron chi connectivity index (χ0n) is 16.7. The molecule has 0 aliphatic heterocycles. The maximum absolute atomic E-state index is 14.5. The molecule has 31 heavy (non-hydrogen) atoms. The topological polar surface area (TPSA) is 135 Å². The summed E-state index contributed by atoms with van der Waals surface area (Å²) in [5.74, 6) is -0.360. The predicted molar refractivity (Wildman–Crippen MR) is 117 cm³/mol. The number of nitrogens with one attached hydrogen (secondary N) is 3. The van der Waals surface area contributed by atoms with Crippen LogP contribution in [0.1, 0.15) is 20.3 Å². The lowest BCUT2D eigenvalue weighted by Gasteiger charge is -2.14. The van der Waals surface area contributed by atoms with E-state index in [0.717, 1.165) is 6.20 Å². The number of halogens is 2. The molecule has 0 aliphatic rings. The molecule has 3 heterocycles. The molecular weight excluding hydrogens is 447 g/mol. The molecule has 13 heteroatoms. The van der Waals surface area contributed by atoms with Gasteiger partial charge < -0.3 is 10.6 Å². The van der Waals surface area contributed by atoms with Crippen LogP contribution in [0.25, 0.3) is 11.4 Å². The summed E-state index contributed by atoms with van der Waals surface area (Å²) in [5, 5.41) is 5.61. The van der Waals surface area contributed by atoms with Crippen molar-refractivity contribution >= 4 is 44.8 Å². The molecule has 0 aliphatic carbocycles. The fourth-order valence-corrected chi connectivity index (χ4v) is 4.00. The van der Waals surface area contributed by atoms with E-state index in [1.807, 2.05) is 6.92 Å². The van der Waals surface area contributed by atoms with Gasteiger partial charge in [-0.05, 0) is 13.3 Å². The highest BCUT2D eigenvalue weighted by molar-refractivity contribution is 7.92. The van der Waals surface area contributed by atoms with Crippen LogP contribution in [0.2, 0.25) is 5.02 Å². The van der Waals surface area contributed by atoms with Crippen molar-refractivity contribution in [3.05, 3.63) is 41.8 Å². The molecule has 0 saturated carbocycles. The first kappa shape index (κ1) is 22.6. The van der Waals surface area contributed by atoms with Crippen molar-refractivity contribution in [3.63, 3.8) is 0 Å². The molecule has 0 saturated heterocycles. The van der Waals surface area contributed by atoms with Crippen molar-refractivity contribution in [2.75, 3.05) is 27.7 Å². The van der Waals surface area contributed by atoms with E-state index in [4.69, 9.17) is 11.6 Å². The van der Waals surface area contributed by atoms with Gasteiger partial charge in [-0.2, -0.15) is 0 Å². The van der Waals surface area contributed by atoms with Crippen molar-refractivity contribution in [1.82, 2.24) is 24.9 Å².